The first-order valence-electron chi connectivity index (χ1n) is 5.14. The quantitative estimate of drug-likeness (QED) is 0.683. The van der Waals surface area contributed by atoms with Gasteiger partial charge in [0.2, 0.25) is 0 Å². The number of carbonyl (C=O) groups excluding carboxylic acids is 1. The van der Waals surface area contributed by atoms with Crippen LogP contribution in [0.5, 0.6) is 0 Å². The van der Waals surface area contributed by atoms with Crippen molar-refractivity contribution in [3.8, 4) is 0 Å². The molecule has 0 unspecified atom stereocenters. The number of hydrogen-bond donors (Lipinski definition) is 0. The number of aldehydes is 1. The zero-order valence-electron chi connectivity index (χ0n) is 9.29. The van der Waals surface area contributed by atoms with E-state index < -0.39 is 0 Å². The van der Waals surface area contributed by atoms with Crippen LogP contribution in [0.25, 0.3) is 12.2 Å². The van der Waals surface area contributed by atoms with Gasteiger partial charge in [-0.2, -0.15) is 0 Å². The molecule has 1 nitrogen and oxygen atoms in total. The Morgan fingerprint density at radius 1 is 1.31 bits per heavy atom. The Morgan fingerprint density at radius 3 is 2.44 bits per heavy atom. The lowest BCUT2D eigenvalue weighted by atomic mass is 9.95. The van der Waals surface area contributed by atoms with Gasteiger partial charge in [-0.05, 0) is 30.0 Å². The molecule has 0 N–H and O–H groups in total. The summed E-state index contributed by atoms with van der Waals surface area (Å²) in [5.74, 6) is 0. The van der Waals surface area contributed by atoms with Gasteiger partial charge >= 0.3 is 0 Å². The lowest BCUT2D eigenvalue weighted by Gasteiger charge is -2.09. The molecule has 0 aliphatic heterocycles. The Hall–Kier alpha value is -1.63. The molecule has 0 saturated carbocycles. The largest absolute Gasteiger partial charge is 0.298 e. The van der Waals surface area contributed by atoms with Crippen molar-refractivity contribution in [3.63, 3.8) is 0 Å². The lowest BCUT2D eigenvalue weighted by Crippen LogP contribution is -1.97. The highest BCUT2D eigenvalue weighted by Gasteiger charge is 2.07. The van der Waals surface area contributed by atoms with Crippen molar-refractivity contribution < 1.29 is 4.79 Å². The number of allylic oxidation sites excluding steroid dienone is 1. The van der Waals surface area contributed by atoms with E-state index in [-0.39, 0.29) is 7.43 Å². The average molecular weight is 216 g/mol. The maximum Gasteiger partial charge on any atom is 0.150 e. The van der Waals surface area contributed by atoms with E-state index in [2.05, 4.69) is 13.5 Å². The van der Waals surface area contributed by atoms with Gasteiger partial charge in [-0.25, -0.2) is 0 Å². The standard InChI is InChI=1S/C14H16O.CH4/c1-4-7-13-11(5-2)8-9-12(6-3)14(13)10-15;/h4-5,7-10H,2,6H2,1,3H3;1H4/b7-4-;. The van der Waals surface area contributed by atoms with Crippen LogP contribution in [0.3, 0.4) is 0 Å². The fraction of sp³-hybridized carbons (Fsp3) is 0.267. The number of rotatable bonds is 4. The van der Waals surface area contributed by atoms with Gasteiger partial charge in [-0.15, -0.1) is 0 Å². The van der Waals surface area contributed by atoms with Crippen LogP contribution in [0.1, 0.15) is 48.3 Å². The fourth-order valence-corrected chi connectivity index (χ4v) is 1.68. The normalized spacial score (nSPS) is 9.88. The minimum absolute atomic E-state index is 0. The van der Waals surface area contributed by atoms with Crippen LogP contribution in [-0.4, -0.2) is 6.29 Å². The summed E-state index contributed by atoms with van der Waals surface area (Å²) >= 11 is 0. The van der Waals surface area contributed by atoms with Crippen LogP contribution >= 0.6 is 0 Å². The topological polar surface area (TPSA) is 17.1 Å². The maximum absolute atomic E-state index is 11.1. The van der Waals surface area contributed by atoms with Crippen molar-refractivity contribution in [3.05, 3.63) is 47.0 Å². The van der Waals surface area contributed by atoms with Gasteiger partial charge in [0.1, 0.15) is 0 Å². The Balaban J connectivity index is 0.00000225. The van der Waals surface area contributed by atoms with E-state index in [0.717, 1.165) is 35.0 Å². The van der Waals surface area contributed by atoms with E-state index in [1.54, 1.807) is 6.08 Å². The molecule has 1 heteroatoms. The lowest BCUT2D eigenvalue weighted by molar-refractivity contribution is 0.112. The minimum Gasteiger partial charge on any atom is -0.298 e. The van der Waals surface area contributed by atoms with Crippen LogP contribution in [0, 0.1) is 0 Å². The highest BCUT2D eigenvalue weighted by Crippen LogP contribution is 2.21. The molecule has 1 aromatic rings. The molecule has 1 rings (SSSR count). The van der Waals surface area contributed by atoms with Crippen molar-refractivity contribution in [1.82, 2.24) is 0 Å². The van der Waals surface area contributed by atoms with Crippen molar-refractivity contribution in [2.24, 2.45) is 0 Å². The van der Waals surface area contributed by atoms with E-state index >= 15 is 0 Å². The molecule has 0 radical (unpaired) electrons. The second-order valence-electron chi connectivity index (χ2n) is 3.32. The third kappa shape index (κ3) is 2.69. The number of carbonyl (C=O) groups is 1. The molecule has 0 heterocycles. The minimum atomic E-state index is 0. The zero-order valence-corrected chi connectivity index (χ0v) is 9.29. The monoisotopic (exact) mass is 216 g/mol. The molecule has 0 spiro atoms. The number of aryl methyl sites for hydroxylation is 1. The highest BCUT2D eigenvalue weighted by molar-refractivity contribution is 5.87. The number of benzene rings is 1. The second kappa shape index (κ2) is 6.78. The molecule has 0 aliphatic carbocycles. The van der Waals surface area contributed by atoms with Crippen molar-refractivity contribution in [2.75, 3.05) is 0 Å². The molecule has 0 aromatic heterocycles. The summed E-state index contributed by atoms with van der Waals surface area (Å²) in [5.41, 5.74) is 3.85. The smallest absolute Gasteiger partial charge is 0.150 e. The summed E-state index contributed by atoms with van der Waals surface area (Å²) < 4.78 is 0. The van der Waals surface area contributed by atoms with Gasteiger partial charge in [-0.3, -0.25) is 4.79 Å². The van der Waals surface area contributed by atoms with E-state index in [0.29, 0.717) is 0 Å². The maximum atomic E-state index is 11.1. The molecule has 0 saturated heterocycles. The first kappa shape index (κ1) is 14.4. The zero-order chi connectivity index (χ0) is 11.3. The van der Waals surface area contributed by atoms with Crippen LogP contribution in [0.4, 0.5) is 0 Å². The van der Waals surface area contributed by atoms with Crippen molar-refractivity contribution >= 4 is 18.4 Å². The van der Waals surface area contributed by atoms with Gasteiger partial charge in [0.05, 0.1) is 0 Å². The SMILES string of the molecule is C.C=Cc1ccc(CC)c(C=O)c1/C=C\C. The third-order valence-electron chi connectivity index (χ3n) is 2.46. The highest BCUT2D eigenvalue weighted by atomic mass is 16.1. The van der Waals surface area contributed by atoms with E-state index in [1.165, 1.54) is 0 Å². The van der Waals surface area contributed by atoms with Crippen LogP contribution < -0.4 is 0 Å². The van der Waals surface area contributed by atoms with E-state index in [1.807, 2.05) is 31.2 Å². The first-order valence-corrected chi connectivity index (χ1v) is 5.14. The van der Waals surface area contributed by atoms with Crippen LogP contribution in [-0.2, 0) is 6.42 Å². The second-order valence-corrected chi connectivity index (χ2v) is 3.32. The summed E-state index contributed by atoms with van der Waals surface area (Å²) in [6.07, 6.45) is 7.48. The predicted octanol–water partition coefficient (Wildman–Crippen LogP) is 4.37. The fourth-order valence-electron chi connectivity index (χ4n) is 1.68. The number of hydrogen-bond acceptors (Lipinski definition) is 1. The Labute approximate surface area is 98.5 Å². The Morgan fingerprint density at radius 2 is 2.00 bits per heavy atom. The predicted molar refractivity (Wildman–Crippen MR) is 72.7 cm³/mol. The van der Waals surface area contributed by atoms with E-state index in [4.69, 9.17) is 0 Å². The molecule has 0 aliphatic rings. The molecule has 0 bridgehead atoms. The summed E-state index contributed by atoms with van der Waals surface area (Å²) in [6, 6.07) is 4.00. The van der Waals surface area contributed by atoms with Crippen LogP contribution in [0.2, 0.25) is 0 Å². The Kier molecular flexibility index (Phi) is 6.09. The van der Waals surface area contributed by atoms with Gasteiger partial charge < -0.3 is 0 Å². The molecular weight excluding hydrogens is 196 g/mol. The molecule has 0 amide bonds. The Bertz CT molecular complexity index is 400. The van der Waals surface area contributed by atoms with Gasteiger partial charge in [0.15, 0.2) is 6.29 Å². The van der Waals surface area contributed by atoms with Crippen molar-refractivity contribution in [2.45, 2.75) is 27.7 Å². The van der Waals surface area contributed by atoms with Gasteiger partial charge in [-0.1, -0.05) is 51.3 Å². The van der Waals surface area contributed by atoms with Gasteiger partial charge in [0.25, 0.3) is 0 Å². The summed E-state index contributed by atoms with van der Waals surface area (Å²) in [5, 5.41) is 0. The summed E-state index contributed by atoms with van der Waals surface area (Å²) in [6.45, 7) is 7.75. The summed E-state index contributed by atoms with van der Waals surface area (Å²) in [4.78, 5) is 11.1. The molecule has 86 valence electrons. The van der Waals surface area contributed by atoms with Crippen LogP contribution in [0.15, 0.2) is 24.8 Å². The molecule has 16 heavy (non-hydrogen) atoms. The third-order valence-corrected chi connectivity index (χ3v) is 2.46. The van der Waals surface area contributed by atoms with Gasteiger partial charge in [0, 0.05) is 5.56 Å². The van der Waals surface area contributed by atoms with Crippen molar-refractivity contribution in [1.29, 1.82) is 0 Å². The average Bonchev–Trinajstić information content (AvgIpc) is 2.28. The molecule has 0 fully saturated rings. The summed E-state index contributed by atoms with van der Waals surface area (Å²) in [7, 11) is 0. The molecular formula is C15H20O. The van der Waals surface area contributed by atoms with E-state index in [9.17, 15) is 4.79 Å². The first-order chi connectivity index (χ1) is 7.28. The molecule has 1 aromatic carbocycles. The molecule has 0 atom stereocenters.